The van der Waals surface area contributed by atoms with Crippen LogP contribution in [0.2, 0.25) is 0 Å². The van der Waals surface area contributed by atoms with Crippen LogP contribution in [-0.4, -0.2) is 34.9 Å². The average molecular weight is 256 g/mol. The molecule has 0 bridgehead atoms. The maximum absolute atomic E-state index is 13.4. The van der Waals surface area contributed by atoms with Crippen molar-refractivity contribution in [2.24, 2.45) is 0 Å². The van der Waals surface area contributed by atoms with E-state index >= 15 is 0 Å². The van der Waals surface area contributed by atoms with Crippen LogP contribution in [0.15, 0.2) is 18.2 Å². The molecule has 2 amide bonds. The van der Waals surface area contributed by atoms with Crippen molar-refractivity contribution in [2.75, 3.05) is 11.9 Å². The van der Waals surface area contributed by atoms with E-state index in [1.165, 1.54) is 12.1 Å². The number of carbonyl (C=O) groups is 2. The topological polar surface area (TPSA) is 98.7 Å². The van der Waals surface area contributed by atoms with E-state index in [0.29, 0.717) is 5.56 Å². The third kappa shape index (κ3) is 3.70. The zero-order valence-electron chi connectivity index (χ0n) is 9.61. The van der Waals surface area contributed by atoms with Gasteiger partial charge in [0.1, 0.15) is 5.82 Å². The third-order valence-corrected chi connectivity index (χ3v) is 2.16. The number of aliphatic carboxylic acids is 1. The quantitative estimate of drug-likeness (QED) is 0.637. The van der Waals surface area contributed by atoms with Crippen LogP contribution in [0, 0.1) is 12.7 Å². The number of carboxylic acids is 1. The van der Waals surface area contributed by atoms with Gasteiger partial charge in [-0.1, -0.05) is 6.07 Å². The van der Waals surface area contributed by atoms with Crippen LogP contribution in [0.25, 0.3) is 0 Å². The Morgan fingerprint density at radius 2 is 2.11 bits per heavy atom. The molecule has 0 aliphatic rings. The van der Waals surface area contributed by atoms with Crippen molar-refractivity contribution in [2.45, 2.75) is 13.0 Å². The van der Waals surface area contributed by atoms with Gasteiger partial charge in [0.15, 0.2) is 6.04 Å². The molecule has 6 nitrogen and oxygen atoms in total. The number of halogens is 1. The van der Waals surface area contributed by atoms with E-state index in [2.05, 4.69) is 5.32 Å². The van der Waals surface area contributed by atoms with Crippen LogP contribution in [0.1, 0.15) is 5.56 Å². The van der Waals surface area contributed by atoms with Crippen LogP contribution in [0.5, 0.6) is 0 Å². The largest absolute Gasteiger partial charge is 0.480 e. The highest BCUT2D eigenvalue weighted by atomic mass is 19.1. The lowest BCUT2D eigenvalue weighted by atomic mass is 10.2. The van der Waals surface area contributed by atoms with Crippen molar-refractivity contribution in [1.82, 2.24) is 5.32 Å². The fraction of sp³-hybridized carbons (Fsp3) is 0.273. The summed E-state index contributed by atoms with van der Waals surface area (Å²) in [4.78, 5) is 21.9. The van der Waals surface area contributed by atoms with E-state index in [9.17, 15) is 14.0 Å². The molecule has 7 heteroatoms. The molecule has 0 heterocycles. The minimum Gasteiger partial charge on any atom is -0.480 e. The number of rotatable bonds is 4. The molecule has 98 valence electrons. The maximum Gasteiger partial charge on any atom is 0.328 e. The fourth-order valence-corrected chi connectivity index (χ4v) is 1.22. The summed E-state index contributed by atoms with van der Waals surface area (Å²) in [6, 6.07) is 1.85. The van der Waals surface area contributed by atoms with Gasteiger partial charge in [-0.3, -0.25) is 0 Å². The lowest BCUT2D eigenvalue weighted by molar-refractivity contribution is -0.140. The Morgan fingerprint density at radius 1 is 1.44 bits per heavy atom. The zero-order valence-corrected chi connectivity index (χ0v) is 9.61. The molecule has 1 unspecified atom stereocenters. The minimum atomic E-state index is -1.43. The highest BCUT2D eigenvalue weighted by Crippen LogP contribution is 2.14. The predicted molar refractivity (Wildman–Crippen MR) is 61.8 cm³/mol. The molecule has 0 aromatic heterocycles. The number of nitrogens with one attached hydrogen (secondary N) is 2. The van der Waals surface area contributed by atoms with E-state index in [0.717, 1.165) is 0 Å². The summed E-state index contributed by atoms with van der Waals surface area (Å²) < 4.78 is 13.4. The minimum absolute atomic E-state index is 0.0693. The molecular formula is C11H13FN2O4. The summed E-state index contributed by atoms with van der Waals surface area (Å²) >= 11 is 0. The van der Waals surface area contributed by atoms with Gasteiger partial charge in [0, 0.05) is 0 Å². The summed E-state index contributed by atoms with van der Waals surface area (Å²) in [5, 5.41) is 21.5. The molecule has 1 aromatic rings. The van der Waals surface area contributed by atoms with Crippen molar-refractivity contribution in [3.8, 4) is 0 Å². The molecule has 4 N–H and O–H groups in total. The second-order valence-electron chi connectivity index (χ2n) is 3.66. The number of carbonyl (C=O) groups excluding carboxylic acids is 1. The Kier molecular flexibility index (Phi) is 4.61. The normalized spacial score (nSPS) is 11.7. The maximum atomic E-state index is 13.4. The SMILES string of the molecule is Cc1ccc(NC(=O)NC(CO)C(=O)O)c(F)c1. The second-order valence-corrected chi connectivity index (χ2v) is 3.66. The summed E-state index contributed by atoms with van der Waals surface area (Å²) in [7, 11) is 0. The number of hydrogen-bond acceptors (Lipinski definition) is 3. The van der Waals surface area contributed by atoms with Crippen LogP contribution < -0.4 is 10.6 Å². The number of hydrogen-bond donors (Lipinski definition) is 4. The van der Waals surface area contributed by atoms with Crippen LogP contribution in [0.4, 0.5) is 14.9 Å². The van der Waals surface area contributed by atoms with Gasteiger partial charge in [0.05, 0.1) is 12.3 Å². The Hall–Kier alpha value is -2.15. The first-order valence-corrected chi connectivity index (χ1v) is 5.11. The second kappa shape index (κ2) is 5.97. The first-order valence-electron chi connectivity index (χ1n) is 5.11. The lowest BCUT2D eigenvalue weighted by Crippen LogP contribution is -2.45. The van der Waals surface area contributed by atoms with E-state index in [1.807, 2.05) is 5.32 Å². The van der Waals surface area contributed by atoms with Gasteiger partial charge < -0.3 is 20.8 Å². The third-order valence-electron chi connectivity index (χ3n) is 2.16. The first kappa shape index (κ1) is 13.9. The summed E-state index contributed by atoms with van der Waals surface area (Å²) in [6.07, 6.45) is 0. The van der Waals surface area contributed by atoms with Crippen molar-refractivity contribution in [1.29, 1.82) is 0 Å². The van der Waals surface area contributed by atoms with Gasteiger partial charge >= 0.3 is 12.0 Å². The Balaban J connectivity index is 2.67. The van der Waals surface area contributed by atoms with Gasteiger partial charge in [0.2, 0.25) is 0 Å². The number of carboxylic acid groups (broad SMARTS) is 1. The summed E-state index contributed by atoms with van der Waals surface area (Å²) in [5.41, 5.74) is 0.623. The smallest absolute Gasteiger partial charge is 0.328 e. The number of aliphatic hydroxyl groups excluding tert-OH is 1. The predicted octanol–water partition coefficient (Wildman–Crippen LogP) is 0.701. The van der Waals surface area contributed by atoms with Crippen molar-refractivity contribution in [3.05, 3.63) is 29.6 Å². The van der Waals surface area contributed by atoms with Gasteiger partial charge in [-0.2, -0.15) is 0 Å². The lowest BCUT2D eigenvalue weighted by Gasteiger charge is -2.13. The molecule has 0 radical (unpaired) electrons. The number of urea groups is 1. The number of aliphatic hydroxyl groups is 1. The number of benzene rings is 1. The van der Waals surface area contributed by atoms with Crippen LogP contribution in [-0.2, 0) is 4.79 Å². The molecule has 1 aromatic carbocycles. The van der Waals surface area contributed by atoms with Gasteiger partial charge in [-0.15, -0.1) is 0 Å². The molecule has 1 atom stereocenters. The molecule has 0 aliphatic heterocycles. The van der Waals surface area contributed by atoms with E-state index in [1.54, 1.807) is 13.0 Å². The molecule has 1 rings (SSSR count). The highest BCUT2D eigenvalue weighted by molar-refractivity contribution is 5.92. The monoisotopic (exact) mass is 256 g/mol. The van der Waals surface area contributed by atoms with E-state index < -0.39 is 30.5 Å². The molecule has 0 spiro atoms. The first-order chi connectivity index (χ1) is 8.43. The van der Waals surface area contributed by atoms with Gasteiger partial charge in [-0.05, 0) is 24.6 Å². The van der Waals surface area contributed by atoms with Gasteiger partial charge in [-0.25, -0.2) is 14.0 Å². The molecule has 0 aliphatic carbocycles. The Bertz CT molecular complexity index is 464. The van der Waals surface area contributed by atoms with Gasteiger partial charge in [0.25, 0.3) is 0 Å². The number of amides is 2. The number of aryl methyl sites for hydroxylation is 1. The Labute approximate surface area is 102 Å². The zero-order chi connectivity index (χ0) is 13.7. The summed E-state index contributed by atoms with van der Waals surface area (Å²) in [6.45, 7) is 0.943. The molecular weight excluding hydrogens is 243 g/mol. The van der Waals surface area contributed by atoms with Crippen molar-refractivity contribution >= 4 is 17.7 Å². The van der Waals surface area contributed by atoms with Crippen LogP contribution >= 0.6 is 0 Å². The number of anilines is 1. The van der Waals surface area contributed by atoms with Crippen molar-refractivity contribution < 1.29 is 24.2 Å². The highest BCUT2D eigenvalue weighted by Gasteiger charge is 2.19. The van der Waals surface area contributed by atoms with Crippen LogP contribution in [0.3, 0.4) is 0 Å². The van der Waals surface area contributed by atoms with Crippen molar-refractivity contribution in [3.63, 3.8) is 0 Å². The molecule has 0 saturated carbocycles. The fourth-order valence-electron chi connectivity index (χ4n) is 1.22. The molecule has 18 heavy (non-hydrogen) atoms. The Morgan fingerprint density at radius 3 is 2.61 bits per heavy atom. The average Bonchev–Trinajstić information content (AvgIpc) is 2.29. The standard InChI is InChI=1S/C11H13FN2O4/c1-6-2-3-8(7(12)4-6)13-11(18)14-9(5-15)10(16)17/h2-4,9,15H,5H2,1H3,(H,16,17)(H2,13,14,18). The van der Waals surface area contributed by atoms with E-state index in [-0.39, 0.29) is 5.69 Å². The van der Waals surface area contributed by atoms with E-state index in [4.69, 9.17) is 10.2 Å². The molecule has 0 fully saturated rings. The molecule has 0 saturated heterocycles. The summed E-state index contributed by atoms with van der Waals surface area (Å²) in [5.74, 6) is -2.00.